The van der Waals surface area contributed by atoms with E-state index in [1.165, 1.54) is 6.07 Å². The quantitative estimate of drug-likeness (QED) is 0.767. The Morgan fingerprint density at radius 3 is 2.75 bits per heavy atom. The number of hydrogen-bond donors (Lipinski definition) is 3. The highest BCUT2D eigenvalue weighted by Gasteiger charge is 2.22. The number of β-amino-alcohol motifs (C(OH)–C–C–N with tert-alkyl or cyclic N) is 1. The Balaban J connectivity index is 2.04. The Bertz CT molecular complexity index is 530. The van der Waals surface area contributed by atoms with E-state index in [-0.39, 0.29) is 11.6 Å². The molecule has 1 aliphatic heterocycles. The Morgan fingerprint density at radius 2 is 2.15 bits per heavy atom. The van der Waals surface area contributed by atoms with Crippen LogP contribution in [-0.2, 0) is 0 Å². The molecule has 6 heteroatoms. The van der Waals surface area contributed by atoms with Crippen molar-refractivity contribution in [2.75, 3.05) is 18.4 Å². The molecule has 1 heterocycles. The standard InChI is InChI=1S/C14H18N2O4/c1-9-7-10(4-5-12(9)13(18)19)15-14(20)16-6-2-3-11(17)8-16/h4-5,7,11,17H,2-3,6,8H2,1H3,(H,15,20)(H,18,19). The molecule has 0 aromatic heterocycles. The third-order valence-electron chi connectivity index (χ3n) is 3.39. The Morgan fingerprint density at radius 1 is 1.40 bits per heavy atom. The molecule has 1 unspecified atom stereocenters. The number of piperidine rings is 1. The first kappa shape index (κ1) is 14.3. The number of likely N-dealkylation sites (tertiary alicyclic amines) is 1. The second-order valence-corrected chi connectivity index (χ2v) is 5.01. The van der Waals surface area contributed by atoms with E-state index in [1.54, 1.807) is 24.0 Å². The van der Waals surface area contributed by atoms with E-state index in [0.717, 1.165) is 12.8 Å². The summed E-state index contributed by atoms with van der Waals surface area (Å²) in [6.07, 6.45) is 1.03. The Kier molecular flexibility index (Phi) is 4.24. The van der Waals surface area contributed by atoms with Crippen molar-refractivity contribution in [2.24, 2.45) is 0 Å². The fraction of sp³-hybridized carbons (Fsp3) is 0.429. The van der Waals surface area contributed by atoms with Gasteiger partial charge in [0.2, 0.25) is 0 Å². The van der Waals surface area contributed by atoms with Crippen LogP contribution < -0.4 is 5.32 Å². The van der Waals surface area contributed by atoms with Crippen molar-refractivity contribution < 1.29 is 19.8 Å². The number of anilines is 1. The molecule has 0 saturated carbocycles. The maximum absolute atomic E-state index is 12.0. The molecular formula is C14H18N2O4. The van der Waals surface area contributed by atoms with Gasteiger partial charge in [-0.05, 0) is 43.5 Å². The van der Waals surface area contributed by atoms with Crippen molar-refractivity contribution >= 4 is 17.7 Å². The average Bonchev–Trinajstić information content (AvgIpc) is 2.38. The first-order valence-electron chi connectivity index (χ1n) is 6.55. The van der Waals surface area contributed by atoms with Gasteiger partial charge >= 0.3 is 12.0 Å². The van der Waals surface area contributed by atoms with E-state index in [0.29, 0.717) is 24.3 Å². The molecule has 2 amide bonds. The summed E-state index contributed by atoms with van der Waals surface area (Å²) in [5.74, 6) is -0.987. The molecule has 0 radical (unpaired) electrons. The van der Waals surface area contributed by atoms with Gasteiger partial charge in [-0.2, -0.15) is 0 Å². The number of carbonyl (C=O) groups is 2. The lowest BCUT2D eigenvalue weighted by Crippen LogP contribution is -2.44. The zero-order chi connectivity index (χ0) is 14.7. The summed E-state index contributed by atoms with van der Waals surface area (Å²) in [6.45, 7) is 2.64. The van der Waals surface area contributed by atoms with E-state index in [4.69, 9.17) is 5.11 Å². The highest BCUT2D eigenvalue weighted by Crippen LogP contribution is 2.17. The predicted octanol–water partition coefficient (Wildman–Crippen LogP) is 1.68. The minimum atomic E-state index is -0.987. The van der Waals surface area contributed by atoms with E-state index < -0.39 is 12.1 Å². The maximum atomic E-state index is 12.0. The molecular weight excluding hydrogens is 260 g/mol. The molecule has 3 N–H and O–H groups in total. The van der Waals surface area contributed by atoms with E-state index in [2.05, 4.69) is 5.32 Å². The van der Waals surface area contributed by atoms with Gasteiger partial charge in [-0.25, -0.2) is 9.59 Å². The number of nitrogens with zero attached hydrogens (tertiary/aromatic N) is 1. The Hall–Kier alpha value is -2.08. The minimum Gasteiger partial charge on any atom is -0.478 e. The van der Waals surface area contributed by atoms with Crippen LogP contribution in [0, 0.1) is 6.92 Å². The molecule has 108 valence electrons. The number of rotatable bonds is 2. The normalized spacial score (nSPS) is 18.7. The number of hydrogen-bond acceptors (Lipinski definition) is 3. The summed E-state index contributed by atoms with van der Waals surface area (Å²) in [5, 5.41) is 21.2. The van der Waals surface area contributed by atoms with Gasteiger partial charge < -0.3 is 20.4 Å². The number of aromatic carboxylic acids is 1. The lowest BCUT2D eigenvalue weighted by molar-refractivity contribution is 0.0696. The van der Waals surface area contributed by atoms with Crippen molar-refractivity contribution in [3.63, 3.8) is 0 Å². The topological polar surface area (TPSA) is 89.9 Å². The van der Waals surface area contributed by atoms with Gasteiger partial charge in [0.25, 0.3) is 0 Å². The minimum absolute atomic E-state index is 0.219. The summed E-state index contributed by atoms with van der Waals surface area (Å²) >= 11 is 0. The molecule has 20 heavy (non-hydrogen) atoms. The van der Waals surface area contributed by atoms with Crippen molar-refractivity contribution in [3.05, 3.63) is 29.3 Å². The number of carboxylic acids is 1. The SMILES string of the molecule is Cc1cc(NC(=O)N2CCCC(O)C2)ccc1C(=O)O. The summed E-state index contributed by atoms with van der Waals surface area (Å²) in [6, 6.07) is 4.39. The van der Waals surface area contributed by atoms with Crippen LogP contribution in [0.25, 0.3) is 0 Å². The third kappa shape index (κ3) is 3.27. The number of amides is 2. The van der Waals surface area contributed by atoms with E-state index in [9.17, 15) is 14.7 Å². The summed E-state index contributed by atoms with van der Waals surface area (Å²) in [5.41, 5.74) is 1.36. The summed E-state index contributed by atoms with van der Waals surface area (Å²) in [4.78, 5) is 24.5. The molecule has 0 bridgehead atoms. The van der Waals surface area contributed by atoms with Crippen molar-refractivity contribution in [3.8, 4) is 0 Å². The molecule has 1 fully saturated rings. The first-order chi connectivity index (χ1) is 9.47. The monoisotopic (exact) mass is 278 g/mol. The predicted molar refractivity (Wildman–Crippen MR) is 74.0 cm³/mol. The fourth-order valence-corrected chi connectivity index (χ4v) is 2.32. The molecule has 1 aromatic carbocycles. The number of aliphatic hydroxyl groups is 1. The van der Waals surface area contributed by atoms with E-state index >= 15 is 0 Å². The molecule has 1 aromatic rings. The maximum Gasteiger partial charge on any atom is 0.335 e. The summed E-state index contributed by atoms with van der Waals surface area (Å²) < 4.78 is 0. The number of nitrogens with one attached hydrogen (secondary N) is 1. The van der Waals surface area contributed by atoms with Gasteiger partial charge in [0, 0.05) is 18.8 Å². The first-order valence-corrected chi connectivity index (χ1v) is 6.55. The van der Waals surface area contributed by atoms with Crippen molar-refractivity contribution in [1.29, 1.82) is 0 Å². The number of carboxylic acid groups (broad SMARTS) is 1. The van der Waals surface area contributed by atoms with Gasteiger partial charge in [0.05, 0.1) is 11.7 Å². The van der Waals surface area contributed by atoms with Crippen LogP contribution in [0.4, 0.5) is 10.5 Å². The highest BCUT2D eigenvalue weighted by molar-refractivity contribution is 5.92. The van der Waals surface area contributed by atoms with Crippen molar-refractivity contribution in [1.82, 2.24) is 4.90 Å². The second-order valence-electron chi connectivity index (χ2n) is 5.01. The number of aryl methyl sites for hydroxylation is 1. The summed E-state index contributed by atoms with van der Waals surface area (Å²) in [7, 11) is 0. The third-order valence-corrected chi connectivity index (χ3v) is 3.39. The van der Waals surface area contributed by atoms with Crippen LogP contribution in [-0.4, -0.2) is 46.3 Å². The van der Waals surface area contributed by atoms with Crippen molar-refractivity contribution in [2.45, 2.75) is 25.9 Å². The highest BCUT2D eigenvalue weighted by atomic mass is 16.4. The molecule has 0 aliphatic carbocycles. The molecule has 1 saturated heterocycles. The Labute approximate surface area is 117 Å². The largest absolute Gasteiger partial charge is 0.478 e. The van der Waals surface area contributed by atoms with Gasteiger partial charge in [-0.1, -0.05) is 0 Å². The van der Waals surface area contributed by atoms with Crippen LogP contribution >= 0.6 is 0 Å². The molecule has 0 spiro atoms. The molecule has 6 nitrogen and oxygen atoms in total. The van der Waals surface area contributed by atoms with Gasteiger partial charge in [-0.15, -0.1) is 0 Å². The lowest BCUT2D eigenvalue weighted by atomic mass is 10.1. The zero-order valence-electron chi connectivity index (χ0n) is 11.3. The van der Waals surface area contributed by atoms with Crippen LogP contribution in [0.5, 0.6) is 0 Å². The number of aliphatic hydroxyl groups excluding tert-OH is 1. The molecule has 2 rings (SSSR count). The lowest BCUT2D eigenvalue weighted by Gasteiger charge is -2.30. The number of urea groups is 1. The van der Waals surface area contributed by atoms with Gasteiger partial charge in [0.15, 0.2) is 0 Å². The second kappa shape index (κ2) is 5.92. The number of carbonyl (C=O) groups excluding carboxylic acids is 1. The van der Waals surface area contributed by atoms with Crippen LogP contribution in [0.2, 0.25) is 0 Å². The van der Waals surface area contributed by atoms with Gasteiger partial charge in [0.1, 0.15) is 0 Å². The fourth-order valence-electron chi connectivity index (χ4n) is 2.32. The van der Waals surface area contributed by atoms with Gasteiger partial charge in [-0.3, -0.25) is 0 Å². The molecule has 1 aliphatic rings. The van der Waals surface area contributed by atoms with E-state index in [1.807, 2.05) is 0 Å². The van der Waals surface area contributed by atoms with Crippen LogP contribution in [0.3, 0.4) is 0 Å². The van der Waals surface area contributed by atoms with Crippen LogP contribution in [0.15, 0.2) is 18.2 Å². The van der Waals surface area contributed by atoms with Crippen LogP contribution in [0.1, 0.15) is 28.8 Å². The smallest absolute Gasteiger partial charge is 0.335 e. The molecule has 1 atom stereocenters. The number of benzene rings is 1. The average molecular weight is 278 g/mol. The zero-order valence-corrected chi connectivity index (χ0v) is 11.3.